The first-order valence-corrected chi connectivity index (χ1v) is 12.9. The number of aromatic nitrogens is 1. The molecule has 2 heterocycles. The predicted molar refractivity (Wildman–Crippen MR) is 150 cm³/mol. The highest BCUT2D eigenvalue weighted by Crippen LogP contribution is 2.38. The molecule has 8 nitrogen and oxygen atoms in total. The van der Waals surface area contributed by atoms with Crippen molar-refractivity contribution in [2.24, 2.45) is 0 Å². The van der Waals surface area contributed by atoms with Gasteiger partial charge in [0.15, 0.2) is 5.58 Å². The van der Waals surface area contributed by atoms with Crippen molar-refractivity contribution in [3.8, 4) is 28.3 Å². The zero-order chi connectivity index (χ0) is 27.8. The maximum Gasteiger partial charge on any atom is 0.335 e. The quantitative estimate of drug-likeness (QED) is 0.172. The van der Waals surface area contributed by atoms with Gasteiger partial charge in [-0.3, -0.25) is 9.59 Å². The highest BCUT2D eigenvalue weighted by molar-refractivity contribution is 6.34. The Bertz CT molecular complexity index is 1790. The van der Waals surface area contributed by atoms with Crippen LogP contribution in [0.5, 0.6) is 5.75 Å². The minimum Gasteiger partial charge on any atom is -0.493 e. The van der Waals surface area contributed by atoms with Gasteiger partial charge in [0, 0.05) is 0 Å². The number of imide groups is 1. The van der Waals surface area contributed by atoms with Gasteiger partial charge in [-0.25, -0.2) is 14.7 Å². The second-order valence-corrected chi connectivity index (χ2v) is 9.46. The molecule has 2 amide bonds. The van der Waals surface area contributed by atoms with E-state index in [-0.39, 0.29) is 16.7 Å². The van der Waals surface area contributed by atoms with Gasteiger partial charge in [0.2, 0.25) is 5.89 Å². The SMILES string of the molecule is CCCCOc1ccc(N2C(=O)c3ccc(C(=O)O)cc3C2=O)cc1-c1nc2cc(-c3ccccc3)ccc2o1. The molecule has 0 aliphatic carbocycles. The Morgan fingerprint density at radius 2 is 1.68 bits per heavy atom. The van der Waals surface area contributed by atoms with Crippen molar-refractivity contribution >= 4 is 34.6 Å². The summed E-state index contributed by atoms with van der Waals surface area (Å²) in [5.74, 6) is -1.51. The Morgan fingerprint density at radius 3 is 2.45 bits per heavy atom. The van der Waals surface area contributed by atoms with E-state index in [1.54, 1.807) is 18.2 Å². The molecule has 198 valence electrons. The third-order valence-corrected chi connectivity index (χ3v) is 6.84. The average molecular weight is 533 g/mol. The molecule has 1 aliphatic rings. The Kier molecular flexibility index (Phi) is 6.36. The maximum atomic E-state index is 13.3. The summed E-state index contributed by atoms with van der Waals surface area (Å²) in [6, 6.07) is 24.6. The number of carbonyl (C=O) groups is 3. The molecule has 0 atom stereocenters. The van der Waals surface area contributed by atoms with Gasteiger partial charge in [0.25, 0.3) is 11.8 Å². The summed E-state index contributed by atoms with van der Waals surface area (Å²) in [4.78, 5) is 43.7. The summed E-state index contributed by atoms with van der Waals surface area (Å²) < 4.78 is 12.2. The minimum atomic E-state index is -1.18. The molecular formula is C32H24N2O6. The molecule has 0 bridgehead atoms. The molecule has 0 saturated heterocycles. The van der Waals surface area contributed by atoms with E-state index in [1.807, 2.05) is 48.5 Å². The molecule has 4 aromatic carbocycles. The predicted octanol–water partition coefficient (Wildman–Crippen LogP) is 6.84. The molecule has 6 rings (SSSR count). The summed E-state index contributed by atoms with van der Waals surface area (Å²) in [5.41, 5.74) is 4.21. The molecule has 1 N–H and O–H groups in total. The molecule has 1 aliphatic heterocycles. The van der Waals surface area contributed by atoms with E-state index in [0.717, 1.165) is 28.9 Å². The number of carboxylic acid groups (broad SMARTS) is 1. The summed E-state index contributed by atoms with van der Waals surface area (Å²) in [6.07, 6.45) is 1.80. The van der Waals surface area contributed by atoms with E-state index in [1.165, 1.54) is 18.2 Å². The molecule has 1 aromatic heterocycles. The summed E-state index contributed by atoms with van der Waals surface area (Å²) in [5, 5.41) is 9.33. The number of amides is 2. The fourth-order valence-corrected chi connectivity index (χ4v) is 4.74. The van der Waals surface area contributed by atoms with Crippen molar-refractivity contribution in [3.05, 3.63) is 102 Å². The number of benzene rings is 4. The van der Waals surface area contributed by atoms with Crippen molar-refractivity contribution in [2.45, 2.75) is 19.8 Å². The van der Waals surface area contributed by atoms with Crippen LogP contribution in [0, 0.1) is 0 Å². The Balaban J connectivity index is 1.42. The highest BCUT2D eigenvalue weighted by atomic mass is 16.5. The number of fused-ring (bicyclic) bond motifs is 2. The number of unbranched alkanes of at least 4 members (excludes halogenated alkanes) is 1. The van der Waals surface area contributed by atoms with Crippen LogP contribution < -0.4 is 9.64 Å². The first kappa shape index (κ1) is 25.1. The number of hydrogen-bond donors (Lipinski definition) is 1. The van der Waals surface area contributed by atoms with Crippen molar-refractivity contribution < 1.29 is 28.6 Å². The monoisotopic (exact) mass is 532 g/mol. The number of rotatable bonds is 8. The normalized spacial score (nSPS) is 12.7. The largest absolute Gasteiger partial charge is 0.493 e. The number of hydrogen-bond acceptors (Lipinski definition) is 6. The van der Waals surface area contributed by atoms with E-state index in [2.05, 4.69) is 6.92 Å². The van der Waals surface area contributed by atoms with Gasteiger partial charge in [0.1, 0.15) is 11.3 Å². The molecule has 0 spiro atoms. The van der Waals surface area contributed by atoms with Crippen LogP contribution in [0.25, 0.3) is 33.7 Å². The Hall–Kier alpha value is -5.24. The van der Waals surface area contributed by atoms with E-state index in [9.17, 15) is 19.5 Å². The zero-order valence-electron chi connectivity index (χ0n) is 21.6. The second-order valence-electron chi connectivity index (χ2n) is 9.46. The van der Waals surface area contributed by atoms with Crippen LogP contribution in [-0.4, -0.2) is 34.5 Å². The molecule has 0 radical (unpaired) electrons. The standard InChI is InChI=1S/C32H24N2O6/c1-2-3-15-39-27-14-11-22(34-30(35)23-12-9-21(32(37)38)16-24(23)31(34)36)18-25(27)29-33-26-17-20(10-13-28(26)40-29)19-7-5-4-6-8-19/h4-14,16-18H,2-3,15H2,1H3,(H,37,38). The lowest BCUT2D eigenvalue weighted by Crippen LogP contribution is -2.29. The van der Waals surface area contributed by atoms with Crippen LogP contribution in [0.2, 0.25) is 0 Å². The Labute approximate surface area is 229 Å². The highest BCUT2D eigenvalue weighted by Gasteiger charge is 2.37. The van der Waals surface area contributed by atoms with Gasteiger partial charge in [-0.15, -0.1) is 0 Å². The van der Waals surface area contributed by atoms with Crippen LogP contribution >= 0.6 is 0 Å². The molecule has 0 unspecified atom stereocenters. The van der Waals surface area contributed by atoms with Crippen molar-refractivity contribution in [3.63, 3.8) is 0 Å². The number of nitrogens with zero attached hydrogens (tertiary/aromatic N) is 2. The van der Waals surface area contributed by atoms with Gasteiger partial charge in [-0.1, -0.05) is 49.7 Å². The number of ether oxygens (including phenoxy) is 1. The number of carbonyl (C=O) groups excluding carboxylic acids is 2. The third kappa shape index (κ3) is 4.39. The number of carboxylic acids is 1. The number of oxazole rings is 1. The third-order valence-electron chi connectivity index (χ3n) is 6.84. The van der Waals surface area contributed by atoms with Crippen molar-refractivity contribution in [1.82, 2.24) is 4.98 Å². The summed E-state index contributed by atoms with van der Waals surface area (Å²) in [6.45, 7) is 2.54. The van der Waals surface area contributed by atoms with Crippen LogP contribution in [0.4, 0.5) is 5.69 Å². The van der Waals surface area contributed by atoms with E-state index < -0.39 is 17.8 Å². The first-order valence-electron chi connectivity index (χ1n) is 12.9. The van der Waals surface area contributed by atoms with Crippen LogP contribution in [-0.2, 0) is 0 Å². The van der Waals surface area contributed by atoms with Crippen molar-refractivity contribution in [2.75, 3.05) is 11.5 Å². The lowest BCUT2D eigenvalue weighted by molar-refractivity contribution is 0.0696. The Morgan fingerprint density at radius 1 is 0.875 bits per heavy atom. The molecule has 40 heavy (non-hydrogen) atoms. The van der Waals surface area contributed by atoms with Gasteiger partial charge in [-0.05, 0) is 66.1 Å². The average Bonchev–Trinajstić information content (AvgIpc) is 3.51. The molecule has 5 aromatic rings. The topological polar surface area (TPSA) is 110 Å². The molecule has 0 fully saturated rings. The molecule has 8 heteroatoms. The first-order chi connectivity index (χ1) is 19.4. The fraction of sp³-hybridized carbons (Fsp3) is 0.125. The van der Waals surface area contributed by atoms with Gasteiger partial charge >= 0.3 is 5.97 Å². The molecular weight excluding hydrogens is 508 g/mol. The number of aromatic carboxylic acids is 1. The van der Waals surface area contributed by atoms with Crippen molar-refractivity contribution in [1.29, 1.82) is 0 Å². The van der Waals surface area contributed by atoms with Crippen LogP contribution in [0.3, 0.4) is 0 Å². The lowest BCUT2D eigenvalue weighted by atomic mass is 10.1. The molecule has 0 saturated carbocycles. The van der Waals surface area contributed by atoms with E-state index >= 15 is 0 Å². The van der Waals surface area contributed by atoms with Gasteiger partial charge < -0.3 is 14.3 Å². The second kappa shape index (κ2) is 10.1. The smallest absolute Gasteiger partial charge is 0.335 e. The van der Waals surface area contributed by atoms with E-state index in [4.69, 9.17) is 14.1 Å². The van der Waals surface area contributed by atoms with E-state index in [0.29, 0.717) is 40.6 Å². The minimum absolute atomic E-state index is 0.0463. The van der Waals surface area contributed by atoms with Crippen LogP contribution in [0.15, 0.2) is 89.3 Å². The summed E-state index contributed by atoms with van der Waals surface area (Å²) in [7, 11) is 0. The maximum absolute atomic E-state index is 13.3. The van der Waals surface area contributed by atoms with Crippen LogP contribution in [0.1, 0.15) is 50.8 Å². The fourth-order valence-electron chi connectivity index (χ4n) is 4.74. The number of anilines is 1. The van der Waals surface area contributed by atoms with Gasteiger partial charge in [0.05, 0.1) is 34.5 Å². The lowest BCUT2D eigenvalue weighted by Gasteiger charge is -2.17. The zero-order valence-corrected chi connectivity index (χ0v) is 21.6. The van der Waals surface area contributed by atoms with Gasteiger partial charge in [-0.2, -0.15) is 0 Å². The summed E-state index contributed by atoms with van der Waals surface area (Å²) >= 11 is 0.